The van der Waals surface area contributed by atoms with Crippen LogP contribution >= 0.6 is 0 Å². The molecule has 24 heavy (non-hydrogen) atoms. The molecule has 1 heterocycles. The van der Waals surface area contributed by atoms with E-state index in [9.17, 15) is 9.18 Å². The average molecular weight is 329 g/mol. The Kier molecular flexibility index (Phi) is 4.64. The number of hydrogen-bond donors (Lipinski definition) is 2. The highest BCUT2D eigenvalue weighted by molar-refractivity contribution is 5.75. The minimum absolute atomic E-state index is 0.0401. The van der Waals surface area contributed by atoms with Crippen LogP contribution in [0.5, 0.6) is 5.75 Å². The normalized spacial score (nSPS) is 20.1. The fourth-order valence-electron chi connectivity index (χ4n) is 2.86. The Morgan fingerprint density at radius 3 is 3.00 bits per heavy atom. The molecule has 1 aliphatic carbocycles. The Balaban J connectivity index is 1.55. The third-order valence-corrected chi connectivity index (χ3v) is 4.23. The van der Waals surface area contributed by atoms with Crippen LogP contribution in [0.25, 0.3) is 0 Å². The summed E-state index contributed by atoms with van der Waals surface area (Å²) >= 11 is 0. The third-order valence-electron chi connectivity index (χ3n) is 4.23. The quantitative estimate of drug-likeness (QED) is 0.886. The van der Waals surface area contributed by atoms with E-state index >= 15 is 0 Å². The number of halogens is 1. The number of pyridine rings is 1. The molecule has 0 saturated heterocycles. The summed E-state index contributed by atoms with van der Waals surface area (Å²) in [7, 11) is 1.57. The van der Waals surface area contributed by atoms with Crippen molar-refractivity contribution in [3.05, 3.63) is 59.7 Å². The number of carbonyl (C=O) groups is 1. The molecule has 1 saturated carbocycles. The van der Waals surface area contributed by atoms with Gasteiger partial charge in [0.15, 0.2) is 0 Å². The fraction of sp³-hybridized carbons (Fsp3) is 0.333. The number of nitrogens with one attached hydrogen (secondary N) is 2. The van der Waals surface area contributed by atoms with Gasteiger partial charge in [0.25, 0.3) is 0 Å². The highest BCUT2D eigenvalue weighted by atomic mass is 19.1. The third kappa shape index (κ3) is 3.64. The maximum absolute atomic E-state index is 13.3. The maximum Gasteiger partial charge on any atom is 0.315 e. The van der Waals surface area contributed by atoms with Crippen molar-refractivity contribution in [2.75, 3.05) is 7.11 Å². The Labute approximate surface area is 140 Å². The second-order valence-corrected chi connectivity index (χ2v) is 5.96. The van der Waals surface area contributed by atoms with Crippen molar-refractivity contribution in [2.24, 2.45) is 0 Å². The number of nitrogens with zero attached hydrogens (tertiary/aromatic N) is 1. The van der Waals surface area contributed by atoms with E-state index in [4.69, 9.17) is 4.74 Å². The van der Waals surface area contributed by atoms with Gasteiger partial charge >= 0.3 is 6.03 Å². The average Bonchev–Trinajstić information content (AvgIpc) is 3.33. The zero-order valence-electron chi connectivity index (χ0n) is 13.6. The lowest BCUT2D eigenvalue weighted by Gasteiger charge is -2.17. The van der Waals surface area contributed by atoms with E-state index < -0.39 is 0 Å². The van der Waals surface area contributed by atoms with Gasteiger partial charge in [-0.25, -0.2) is 9.18 Å². The Morgan fingerprint density at radius 1 is 1.42 bits per heavy atom. The summed E-state index contributed by atoms with van der Waals surface area (Å²) in [5.74, 6) is 0.563. The highest BCUT2D eigenvalue weighted by Gasteiger charge is 2.39. The first kappa shape index (κ1) is 16.2. The van der Waals surface area contributed by atoms with Crippen molar-refractivity contribution < 1.29 is 13.9 Å². The number of rotatable bonds is 5. The number of hydrogen-bond acceptors (Lipinski definition) is 3. The van der Waals surface area contributed by atoms with Gasteiger partial charge in [0.1, 0.15) is 11.6 Å². The van der Waals surface area contributed by atoms with Crippen LogP contribution in [0.2, 0.25) is 0 Å². The molecule has 0 aliphatic heterocycles. The number of aromatic nitrogens is 1. The smallest absolute Gasteiger partial charge is 0.315 e. The summed E-state index contributed by atoms with van der Waals surface area (Å²) in [5, 5.41) is 5.82. The number of benzene rings is 1. The zero-order valence-corrected chi connectivity index (χ0v) is 13.6. The standard InChI is InChI=1S/C18H20FN3O2/c1-11(14-6-7-20-10-17(14)24-2)21-18(23)22-16-9-15(16)12-4-3-5-13(19)8-12/h3-8,10-11,15-16H,9H2,1-2H3,(H2,21,22,23)/t11-,15-,16+/m0/s1. The summed E-state index contributed by atoms with van der Waals surface area (Å²) in [6.45, 7) is 1.88. The molecule has 2 amide bonds. The first-order chi connectivity index (χ1) is 11.6. The van der Waals surface area contributed by atoms with Gasteiger partial charge in [0.05, 0.1) is 19.3 Å². The van der Waals surface area contributed by atoms with Crippen LogP contribution < -0.4 is 15.4 Å². The Bertz CT molecular complexity index is 738. The molecule has 0 bridgehead atoms. The van der Waals surface area contributed by atoms with Crippen LogP contribution in [0.4, 0.5) is 9.18 Å². The van der Waals surface area contributed by atoms with Gasteiger partial charge < -0.3 is 15.4 Å². The number of carbonyl (C=O) groups excluding carboxylic acids is 1. The van der Waals surface area contributed by atoms with Crippen LogP contribution in [-0.4, -0.2) is 24.2 Å². The molecule has 126 valence electrons. The van der Waals surface area contributed by atoms with Crippen molar-refractivity contribution >= 4 is 6.03 Å². The monoisotopic (exact) mass is 329 g/mol. The number of urea groups is 1. The van der Waals surface area contributed by atoms with Gasteiger partial charge in [-0.2, -0.15) is 0 Å². The van der Waals surface area contributed by atoms with E-state index in [2.05, 4.69) is 15.6 Å². The predicted molar refractivity (Wildman–Crippen MR) is 88.4 cm³/mol. The molecule has 1 aromatic carbocycles. The lowest BCUT2D eigenvalue weighted by molar-refractivity contribution is 0.237. The molecule has 5 nitrogen and oxygen atoms in total. The molecule has 1 aromatic heterocycles. The fourth-order valence-corrected chi connectivity index (χ4v) is 2.86. The molecule has 1 fully saturated rings. The lowest BCUT2D eigenvalue weighted by Crippen LogP contribution is -2.38. The molecule has 2 N–H and O–H groups in total. The molecule has 6 heteroatoms. The van der Waals surface area contributed by atoms with Crippen LogP contribution in [0, 0.1) is 5.82 Å². The van der Waals surface area contributed by atoms with Crippen molar-refractivity contribution in [1.82, 2.24) is 15.6 Å². The molecule has 0 spiro atoms. The number of methoxy groups -OCH3 is 1. The summed E-state index contributed by atoms with van der Waals surface area (Å²) in [5.41, 5.74) is 1.78. The largest absolute Gasteiger partial charge is 0.495 e. The van der Waals surface area contributed by atoms with E-state index in [1.54, 1.807) is 25.6 Å². The summed E-state index contributed by atoms with van der Waals surface area (Å²) < 4.78 is 18.5. The summed E-state index contributed by atoms with van der Waals surface area (Å²) in [6, 6.07) is 7.92. The minimum Gasteiger partial charge on any atom is -0.495 e. The zero-order chi connectivity index (χ0) is 17.1. The molecule has 3 rings (SSSR count). The van der Waals surface area contributed by atoms with Crippen LogP contribution in [-0.2, 0) is 0 Å². The highest BCUT2D eigenvalue weighted by Crippen LogP contribution is 2.40. The molecular formula is C18H20FN3O2. The van der Waals surface area contributed by atoms with Crippen molar-refractivity contribution in [3.63, 3.8) is 0 Å². The molecule has 1 aliphatic rings. The predicted octanol–water partition coefficient (Wildman–Crippen LogP) is 3.15. The van der Waals surface area contributed by atoms with E-state index in [1.165, 1.54) is 12.1 Å². The van der Waals surface area contributed by atoms with Gasteiger partial charge in [-0.3, -0.25) is 4.98 Å². The van der Waals surface area contributed by atoms with Crippen LogP contribution in [0.1, 0.15) is 36.4 Å². The van der Waals surface area contributed by atoms with E-state index in [1.807, 2.05) is 19.1 Å². The van der Waals surface area contributed by atoms with Gasteiger partial charge in [0, 0.05) is 23.7 Å². The van der Waals surface area contributed by atoms with Gasteiger partial charge in [-0.1, -0.05) is 12.1 Å². The van der Waals surface area contributed by atoms with Crippen molar-refractivity contribution in [3.8, 4) is 5.75 Å². The van der Waals surface area contributed by atoms with Gasteiger partial charge in [0.2, 0.25) is 0 Å². The number of ether oxygens (including phenoxy) is 1. The maximum atomic E-state index is 13.3. The summed E-state index contributed by atoms with van der Waals surface area (Å²) in [6.07, 6.45) is 4.10. The SMILES string of the molecule is COc1cnccc1[C@H](C)NC(=O)N[C@@H]1C[C@H]1c1cccc(F)c1. The van der Waals surface area contributed by atoms with E-state index in [-0.39, 0.29) is 29.8 Å². The molecule has 0 radical (unpaired) electrons. The molecular weight excluding hydrogens is 309 g/mol. The molecule has 2 aromatic rings. The molecule has 0 unspecified atom stereocenters. The van der Waals surface area contributed by atoms with Gasteiger partial charge in [-0.05, 0) is 37.1 Å². The second-order valence-electron chi connectivity index (χ2n) is 5.96. The van der Waals surface area contributed by atoms with Crippen molar-refractivity contribution in [1.29, 1.82) is 0 Å². The summed E-state index contributed by atoms with van der Waals surface area (Å²) in [4.78, 5) is 16.2. The lowest BCUT2D eigenvalue weighted by atomic mass is 10.1. The molecule has 3 atom stereocenters. The minimum atomic E-state index is -0.249. The topological polar surface area (TPSA) is 63.2 Å². The van der Waals surface area contributed by atoms with Crippen LogP contribution in [0.15, 0.2) is 42.7 Å². The second kappa shape index (κ2) is 6.86. The van der Waals surface area contributed by atoms with Crippen LogP contribution in [0.3, 0.4) is 0 Å². The van der Waals surface area contributed by atoms with Gasteiger partial charge in [-0.15, -0.1) is 0 Å². The Morgan fingerprint density at radius 2 is 2.25 bits per heavy atom. The first-order valence-electron chi connectivity index (χ1n) is 7.89. The number of amides is 2. The van der Waals surface area contributed by atoms with Crippen molar-refractivity contribution in [2.45, 2.75) is 31.3 Å². The Hall–Kier alpha value is -2.63. The van der Waals surface area contributed by atoms with E-state index in [0.717, 1.165) is 17.5 Å². The first-order valence-corrected chi connectivity index (χ1v) is 7.89. The van der Waals surface area contributed by atoms with E-state index in [0.29, 0.717) is 5.75 Å².